The first-order valence-corrected chi connectivity index (χ1v) is 8.25. The fraction of sp³-hybridized carbons (Fsp3) is 0.500. The van der Waals surface area contributed by atoms with Crippen molar-refractivity contribution in [1.82, 2.24) is 4.31 Å². The van der Waals surface area contributed by atoms with Crippen LogP contribution < -0.4 is 0 Å². The Morgan fingerprint density at radius 2 is 2.00 bits per heavy atom. The summed E-state index contributed by atoms with van der Waals surface area (Å²) >= 11 is 0. The van der Waals surface area contributed by atoms with E-state index in [0.717, 1.165) is 48.2 Å². The maximum Gasteiger partial charge on any atom is 0.337 e. The van der Waals surface area contributed by atoms with E-state index in [2.05, 4.69) is 0 Å². The normalized spacial score (nSPS) is 16.5. The second-order valence-electron chi connectivity index (χ2n) is 5.38. The van der Waals surface area contributed by atoms with E-state index in [1.54, 1.807) is 0 Å². The number of halogens is 1. The Morgan fingerprint density at radius 1 is 1.38 bits per heavy atom. The summed E-state index contributed by atoms with van der Waals surface area (Å²) in [5, 5.41) is 9.08. The third kappa shape index (κ3) is 3.41. The first kappa shape index (κ1) is 15.9. The number of nitrogens with zero attached hydrogens (tertiary/aromatic N) is 1. The molecular weight excluding hydrogens is 297 g/mol. The van der Waals surface area contributed by atoms with Crippen molar-refractivity contribution in [3.05, 3.63) is 29.6 Å². The van der Waals surface area contributed by atoms with Crippen LogP contribution in [0.5, 0.6) is 0 Å². The number of benzene rings is 1. The lowest BCUT2D eigenvalue weighted by molar-refractivity contribution is 0.0692. The van der Waals surface area contributed by atoms with Gasteiger partial charge in [-0.15, -0.1) is 0 Å². The standard InChI is InChI=1S/C14H18FNO4S/c1-16(9-10-4-2-3-5-10)21(19,20)13-8-11(15)6-7-12(13)14(17)18/h6-8,10H,2-5,9H2,1H3,(H,17,18). The molecule has 21 heavy (non-hydrogen) atoms. The molecule has 2 rings (SSSR count). The van der Waals surface area contributed by atoms with Gasteiger partial charge in [0.25, 0.3) is 0 Å². The number of carbonyl (C=O) groups is 1. The van der Waals surface area contributed by atoms with Crippen LogP contribution in [0.25, 0.3) is 0 Å². The van der Waals surface area contributed by atoms with Crippen molar-refractivity contribution in [3.8, 4) is 0 Å². The highest BCUT2D eigenvalue weighted by atomic mass is 32.2. The van der Waals surface area contributed by atoms with Gasteiger partial charge in [0.2, 0.25) is 10.0 Å². The van der Waals surface area contributed by atoms with Crippen LogP contribution in [-0.2, 0) is 10.0 Å². The predicted molar refractivity (Wildman–Crippen MR) is 75.1 cm³/mol. The Hall–Kier alpha value is -1.47. The minimum Gasteiger partial charge on any atom is -0.478 e. The van der Waals surface area contributed by atoms with Crippen molar-refractivity contribution in [1.29, 1.82) is 0 Å². The molecule has 1 N–H and O–H groups in total. The maximum absolute atomic E-state index is 13.3. The lowest BCUT2D eigenvalue weighted by Gasteiger charge is -2.21. The highest BCUT2D eigenvalue weighted by molar-refractivity contribution is 7.89. The second-order valence-corrected chi connectivity index (χ2v) is 7.39. The highest BCUT2D eigenvalue weighted by Gasteiger charge is 2.29. The molecular formula is C14H18FNO4S. The van der Waals surface area contributed by atoms with Gasteiger partial charge in [-0.25, -0.2) is 21.9 Å². The topological polar surface area (TPSA) is 74.7 Å². The Kier molecular flexibility index (Phi) is 4.63. The zero-order valence-corrected chi connectivity index (χ0v) is 12.6. The number of rotatable bonds is 5. The van der Waals surface area contributed by atoms with Crippen LogP contribution >= 0.6 is 0 Å². The first-order valence-electron chi connectivity index (χ1n) is 6.81. The predicted octanol–water partition coefficient (Wildman–Crippen LogP) is 2.33. The zero-order valence-electron chi connectivity index (χ0n) is 11.8. The minimum absolute atomic E-state index is 0.284. The summed E-state index contributed by atoms with van der Waals surface area (Å²) in [6.45, 7) is 0.331. The van der Waals surface area contributed by atoms with Gasteiger partial charge in [0, 0.05) is 13.6 Å². The van der Waals surface area contributed by atoms with Gasteiger partial charge in [-0.3, -0.25) is 0 Å². The van der Waals surface area contributed by atoms with E-state index < -0.39 is 32.3 Å². The largest absolute Gasteiger partial charge is 0.478 e. The number of aromatic carboxylic acids is 1. The molecule has 1 aromatic rings. The molecule has 5 nitrogen and oxygen atoms in total. The van der Waals surface area contributed by atoms with Gasteiger partial charge in [0.15, 0.2) is 0 Å². The molecule has 1 aromatic carbocycles. The molecule has 0 atom stereocenters. The van der Waals surface area contributed by atoms with Gasteiger partial charge < -0.3 is 5.11 Å². The third-order valence-corrected chi connectivity index (χ3v) is 5.72. The molecule has 0 bridgehead atoms. The molecule has 1 fully saturated rings. The lowest BCUT2D eigenvalue weighted by Crippen LogP contribution is -2.32. The monoisotopic (exact) mass is 315 g/mol. The summed E-state index contributed by atoms with van der Waals surface area (Å²) in [6.07, 6.45) is 4.10. The van der Waals surface area contributed by atoms with E-state index in [0.29, 0.717) is 6.54 Å². The van der Waals surface area contributed by atoms with Crippen LogP contribution in [0, 0.1) is 11.7 Å². The molecule has 1 aliphatic rings. The maximum atomic E-state index is 13.3. The van der Waals surface area contributed by atoms with Crippen molar-refractivity contribution in [2.75, 3.05) is 13.6 Å². The van der Waals surface area contributed by atoms with E-state index in [1.807, 2.05) is 0 Å². The van der Waals surface area contributed by atoms with Crippen molar-refractivity contribution >= 4 is 16.0 Å². The van der Waals surface area contributed by atoms with Gasteiger partial charge in [-0.2, -0.15) is 0 Å². The van der Waals surface area contributed by atoms with Crippen molar-refractivity contribution in [2.45, 2.75) is 30.6 Å². The quantitative estimate of drug-likeness (QED) is 0.905. The highest BCUT2D eigenvalue weighted by Crippen LogP contribution is 2.28. The van der Waals surface area contributed by atoms with E-state index in [4.69, 9.17) is 5.11 Å². The van der Waals surface area contributed by atoms with Gasteiger partial charge in [0.05, 0.1) is 10.5 Å². The summed E-state index contributed by atoms with van der Waals surface area (Å²) in [7, 11) is -2.61. The molecule has 0 radical (unpaired) electrons. The van der Waals surface area contributed by atoms with Gasteiger partial charge in [-0.1, -0.05) is 12.8 Å². The van der Waals surface area contributed by atoms with Gasteiger partial charge >= 0.3 is 5.97 Å². The molecule has 0 saturated heterocycles. The van der Waals surface area contributed by atoms with E-state index in [-0.39, 0.29) is 5.92 Å². The van der Waals surface area contributed by atoms with E-state index in [9.17, 15) is 17.6 Å². The van der Waals surface area contributed by atoms with Crippen LogP contribution in [0.2, 0.25) is 0 Å². The summed E-state index contributed by atoms with van der Waals surface area (Å²) in [5.41, 5.74) is -0.408. The Labute approximate surface area is 123 Å². The molecule has 0 spiro atoms. The van der Waals surface area contributed by atoms with Gasteiger partial charge in [0.1, 0.15) is 5.82 Å². The molecule has 1 saturated carbocycles. The molecule has 0 aromatic heterocycles. The molecule has 1 aliphatic carbocycles. The number of carboxylic acids is 1. The van der Waals surface area contributed by atoms with Crippen LogP contribution in [0.1, 0.15) is 36.0 Å². The van der Waals surface area contributed by atoms with Crippen LogP contribution in [0.15, 0.2) is 23.1 Å². The smallest absolute Gasteiger partial charge is 0.337 e. The molecule has 0 heterocycles. The number of hydrogen-bond donors (Lipinski definition) is 1. The van der Waals surface area contributed by atoms with Gasteiger partial charge in [-0.05, 0) is 37.0 Å². The average Bonchev–Trinajstić information content (AvgIpc) is 2.91. The van der Waals surface area contributed by atoms with Crippen molar-refractivity contribution < 1.29 is 22.7 Å². The Bertz CT molecular complexity index is 638. The number of carboxylic acid groups (broad SMARTS) is 1. The third-order valence-electron chi connectivity index (χ3n) is 3.85. The lowest BCUT2D eigenvalue weighted by atomic mass is 10.1. The average molecular weight is 315 g/mol. The number of sulfonamides is 1. The Morgan fingerprint density at radius 3 is 2.57 bits per heavy atom. The SMILES string of the molecule is CN(CC1CCCC1)S(=O)(=O)c1cc(F)ccc1C(=O)O. The Balaban J connectivity index is 2.33. The van der Waals surface area contributed by atoms with Crippen molar-refractivity contribution in [2.24, 2.45) is 5.92 Å². The molecule has 0 unspecified atom stereocenters. The number of hydrogen-bond acceptors (Lipinski definition) is 3. The minimum atomic E-state index is -4.01. The van der Waals surface area contributed by atoms with E-state index >= 15 is 0 Å². The van der Waals surface area contributed by atoms with Crippen LogP contribution in [0.4, 0.5) is 4.39 Å². The fourth-order valence-electron chi connectivity index (χ4n) is 2.71. The molecule has 116 valence electrons. The second kappa shape index (κ2) is 6.11. The summed E-state index contributed by atoms with van der Waals surface area (Å²) in [6, 6.07) is 2.69. The summed E-state index contributed by atoms with van der Waals surface area (Å²) in [4.78, 5) is 10.7. The molecule has 7 heteroatoms. The van der Waals surface area contributed by atoms with Crippen molar-refractivity contribution in [3.63, 3.8) is 0 Å². The van der Waals surface area contributed by atoms with Crippen LogP contribution in [0.3, 0.4) is 0 Å². The fourth-order valence-corrected chi connectivity index (χ4v) is 4.15. The summed E-state index contributed by atoms with van der Waals surface area (Å²) < 4.78 is 39.4. The first-order chi connectivity index (χ1) is 9.82. The molecule has 0 aliphatic heterocycles. The summed E-state index contributed by atoms with van der Waals surface area (Å²) in [5.74, 6) is -1.87. The molecule has 0 amide bonds. The van der Waals surface area contributed by atoms with E-state index in [1.165, 1.54) is 7.05 Å². The zero-order chi connectivity index (χ0) is 15.6. The van der Waals surface area contributed by atoms with Crippen LogP contribution in [-0.4, -0.2) is 37.4 Å².